The Kier molecular flexibility index (Phi) is 5.62. The molecule has 1 rings (SSSR count). The minimum Gasteiger partial charge on any atom is -0.497 e. The second-order valence-electron chi connectivity index (χ2n) is 5.17. The van der Waals surface area contributed by atoms with Crippen LogP contribution in [0.5, 0.6) is 11.5 Å². The van der Waals surface area contributed by atoms with Crippen LogP contribution in [0.1, 0.15) is 32.8 Å². The fourth-order valence-corrected chi connectivity index (χ4v) is 1.60. The van der Waals surface area contributed by atoms with E-state index in [1.165, 1.54) is 6.08 Å². The van der Waals surface area contributed by atoms with Gasteiger partial charge in [0.2, 0.25) is 5.91 Å². The van der Waals surface area contributed by atoms with Gasteiger partial charge in [-0.25, -0.2) is 0 Å². The molecule has 110 valence electrons. The number of ether oxygens (including phenoxy) is 2. The van der Waals surface area contributed by atoms with Crippen molar-refractivity contribution in [3.8, 4) is 11.5 Å². The van der Waals surface area contributed by atoms with Gasteiger partial charge in [0.05, 0.1) is 14.2 Å². The van der Waals surface area contributed by atoms with E-state index in [2.05, 4.69) is 5.32 Å². The second-order valence-corrected chi connectivity index (χ2v) is 5.17. The quantitative estimate of drug-likeness (QED) is 0.813. The number of rotatable bonds is 6. The molecule has 0 radical (unpaired) electrons. The van der Waals surface area contributed by atoms with Crippen LogP contribution < -0.4 is 14.8 Å². The molecule has 1 aromatic carbocycles. The molecular weight excluding hydrogens is 254 g/mol. The third-order valence-corrected chi connectivity index (χ3v) is 3.20. The van der Waals surface area contributed by atoms with Crippen LogP contribution >= 0.6 is 0 Å². The van der Waals surface area contributed by atoms with Crippen LogP contribution in [0.2, 0.25) is 0 Å². The van der Waals surface area contributed by atoms with Crippen LogP contribution in [-0.2, 0) is 4.79 Å². The summed E-state index contributed by atoms with van der Waals surface area (Å²) in [4.78, 5) is 11.9. The second kappa shape index (κ2) is 6.98. The number of methoxy groups -OCH3 is 2. The summed E-state index contributed by atoms with van der Waals surface area (Å²) in [5.74, 6) is 1.30. The van der Waals surface area contributed by atoms with Gasteiger partial charge in [0.1, 0.15) is 11.5 Å². The van der Waals surface area contributed by atoms with Crippen molar-refractivity contribution in [2.75, 3.05) is 14.2 Å². The molecule has 0 heterocycles. The first-order valence-electron chi connectivity index (χ1n) is 6.64. The maximum atomic E-state index is 11.9. The minimum absolute atomic E-state index is 0.123. The predicted molar refractivity (Wildman–Crippen MR) is 81.1 cm³/mol. The first kappa shape index (κ1) is 16.1. The fraction of sp³-hybridized carbons (Fsp3) is 0.438. The van der Waals surface area contributed by atoms with Gasteiger partial charge in [0.25, 0.3) is 0 Å². The van der Waals surface area contributed by atoms with Gasteiger partial charge < -0.3 is 14.8 Å². The molecule has 1 aromatic rings. The molecule has 4 heteroatoms. The van der Waals surface area contributed by atoms with E-state index in [1.54, 1.807) is 20.3 Å². The highest BCUT2D eigenvalue weighted by Gasteiger charge is 2.16. The van der Waals surface area contributed by atoms with Gasteiger partial charge in [0.15, 0.2) is 0 Å². The minimum atomic E-state index is -0.208. The zero-order valence-corrected chi connectivity index (χ0v) is 12.8. The van der Waals surface area contributed by atoms with E-state index in [9.17, 15) is 4.79 Å². The van der Waals surface area contributed by atoms with Gasteiger partial charge in [-0.05, 0) is 44.5 Å². The Labute approximate surface area is 120 Å². The molecule has 20 heavy (non-hydrogen) atoms. The van der Waals surface area contributed by atoms with E-state index in [1.807, 2.05) is 39.0 Å². The van der Waals surface area contributed by atoms with Crippen LogP contribution in [0.25, 0.3) is 6.08 Å². The van der Waals surface area contributed by atoms with Crippen molar-refractivity contribution in [3.63, 3.8) is 0 Å². The Hall–Kier alpha value is -1.97. The number of carbonyl (C=O) groups is 1. The lowest BCUT2D eigenvalue weighted by Crippen LogP contribution is -2.41. The van der Waals surface area contributed by atoms with Gasteiger partial charge in [0, 0.05) is 17.2 Å². The highest BCUT2D eigenvalue weighted by Crippen LogP contribution is 2.25. The van der Waals surface area contributed by atoms with E-state index in [4.69, 9.17) is 9.47 Å². The molecule has 0 saturated heterocycles. The molecule has 4 nitrogen and oxygen atoms in total. The summed E-state index contributed by atoms with van der Waals surface area (Å²) in [6, 6.07) is 5.45. The molecular formula is C16H23NO3. The normalized spacial score (nSPS) is 11.4. The number of carbonyl (C=O) groups excluding carboxylic acids is 1. The molecule has 0 aliphatic carbocycles. The number of hydrogen-bond acceptors (Lipinski definition) is 3. The lowest BCUT2D eigenvalue weighted by molar-refractivity contribution is -0.117. The number of nitrogens with one attached hydrogen (secondary N) is 1. The van der Waals surface area contributed by atoms with Crippen molar-refractivity contribution >= 4 is 12.0 Å². The standard InChI is InChI=1S/C16H23NO3/c1-6-16(2,3)17-15(18)10-7-12-11-13(19-4)8-9-14(12)20-5/h7-11H,6H2,1-5H3,(H,17,18)/b10-7+. The largest absolute Gasteiger partial charge is 0.497 e. The summed E-state index contributed by atoms with van der Waals surface area (Å²) < 4.78 is 10.4. The van der Waals surface area contributed by atoms with E-state index in [0.29, 0.717) is 5.75 Å². The SMILES string of the molecule is CCC(C)(C)NC(=O)/C=C/c1cc(OC)ccc1OC. The molecule has 0 aliphatic rings. The summed E-state index contributed by atoms with van der Waals surface area (Å²) in [7, 11) is 3.20. The van der Waals surface area contributed by atoms with Crippen molar-refractivity contribution in [2.45, 2.75) is 32.7 Å². The lowest BCUT2D eigenvalue weighted by atomic mass is 10.0. The van der Waals surface area contributed by atoms with Gasteiger partial charge >= 0.3 is 0 Å². The summed E-state index contributed by atoms with van der Waals surface area (Å²) in [5, 5.41) is 2.94. The average molecular weight is 277 g/mol. The number of benzene rings is 1. The zero-order valence-electron chi connectivity index (χ0n) is 12.8. The molecule has 0 unspecified atom stereocenters. The van der Waals surface area contributed by atoms with E-state index in [-0.39, 0.29) is 11.4 Å². The van der Waals surface area contributed by atoms with Crippen LogP contribution in [0.3, 0.4) is 0 Å². The van der Waals surface area contributed by atoms with Crippen LogP contribution in [-0.4, -0.2) is 25.7 Å². The molecule has 1 amide bonds. The molecule has 0 spiro atoms. The van der Waals surface area contributed by atoms with Crippen LogP contribution in [0, 0.1) is 0 Å². The number of amides is 1. The molecule has 0 atom stereocenters. The van der Waals surface area contributed by atoms with Crippen molar-refractivity contribution in [1.82, 2.24) is 5.32 Å². The zero-order chi connectivity index (χ0) is 15.2. The molecule has 0 fully saturated rings. The van der Waals surface area contributed by atoms with Gasteiger partial charge in [-0.15, -0.1) is 0 Å². The molecule has 1 N–H and O–H groups in total. The van der Waals surface area contributed by atoms with E-state index < -0.39 is 0 Å². The maximum absolute atomic E-state index is 11.9. The summed E-state index contributed by atoms with van der Waals surface area (Å²) >= 11 is 0. The maximum Gasteiger partial charge on any atom is 0.244 e. The van der Waals surface area contributed by atoms with Gasteiger partial charge in [-0.3, -0.25) is 4.79 Å². The Balaban J connectivity index is 2.86. The summed E-state index contributed by atoms with van der Waals surface area (Å²) in [6.07, 6.45) is 4.10. The Bertz CT molecular complexity index is 492. The Morgan fingerprint density at radius 2 is 2.00 bits per heavy atom. The summed E-state index contributed by atoms with van der Waals surface area (Å²) in [5.41, 5.74) is 0.594. The predicted octanol–water partition coefficient (Wildman–Crippen LogP) is 3.02. The van der Waals surface area contributed by atoms with Crippen molar-refractivity contribution in [2.24, 2.45) is 0 Å². The monoisotopic (exact) mass is 277 g/mol. The fourth-order valence-electron chi connectivity index (χ4n) is 1.60. The van der Waals surface area contributed by atoms with E-state index in [0.717, 1.165) is 17.7 Å². The van der Waals surface area contributed by atoms with Gasteiger partial charge in [-0.1, -0.05) is 6.92 Å². The lowest BCUT2D eigenvalue weighted by Gasteiger charge is -2.23. The smallest absolute Gasteiger partial charge is 0.244 e. The summed E-state index contributed by atoms with van der Waals surface area (Å²) in [6.45, 7) is 6.02. The topological polar surface area (TPSA) is 47.6 Å². The molecule has 0 aliphatic heterocycles. The third kappa shape index (κ3) is 4.61. The first-order chi connectivity index (χ1) is 9.41. The third-order valence-electron chi connectivity index (χ3n) is 3.20. The first-order valence-corrected chi connectivity index (χ1v) is 6.64. The highest BCUT2D eigenvalue weighted by atomic mass is 16.5. The molecule has 0 saturated carbocycles. The molecule has 0 bridgehead atoms. The highest BCUT2D eigenvalue weighted by molar-refractivity contribution is 5.92. The van der Waals surface area contributed by atoms with Crippen molar-refractivity contribution < 1.29 is 14.3 Å². The van der Waals surface area contributed by atoms with Crippen molar-refractivity contribution in [3.05, 3.63) is 29.8 Å². The molecule has 0 aromatic heterocycles. The average Bonchev–Trinajstić information content (AvgIpc) is 2.44. The van der Waals surface area contributed by atoms with Crippen molar-refractivity contribution in [1.29, 1.82) is 0 Å². The van der Waals surface area contributed by atoms with Gasteiger partial charge in [-0.2, -0.15) is 0 Å². The number of hydrogen-bond donors (Lipinski definition) is 1. The van der Waals surface area contributed by atoms with Crippen LogP contribution in [0.4, 0.5) is 0 Å². The Morgan fingerprint density at radius 1 is 1.30 bits per heavy atom. The van der Waals surface area contributed by atoms with Crippen LogP contribution in [0.15, 0.2) is 24.3 Å². The van der Waals surface area contributed by atoms with E-state index >= 15 is 0 Å². The Morgan fingerprint density at radius 3 is 2.55 bits per heavy atom.